The molecule has 7 heterocycles. The van der Waals surface area contributed by atoms with E-state index < -0.39 is 0 Å². The standard InChI is InChI=1S/C95H58N8/c96-57-77-92(100-80-36-18-13-31-68(80)73-53-64(41-45-85(73)100)60-23-5-1-6-24-60)94(102-82-38-20-15-33-70(82)75-55-66(43-47-87(75)102)62-27-9-3-10-28-62)91(72-35-17-22-40-84(72)99-89-49-51-97-58-78(89)79-59-98-52-50-90(79)99)95(103-83-39-21-16-34-71(83)76-56-67(44-48-88(76)103)63-29-11-4-12-30-63)93(77)101-81-37-19-14-32-69(81)74-54-65(42-46-86(74)101)61-25-7-2-8-26-61/h1-56,58-59H. The molecule has 7 aromatic heterocycles. The number of nitrogens with zero attached hydrogens (tertiary/aromatic N) is 8. The topological polar surface area (TPSA) is 74.2 Å². The van der Waals surface area contributed by atoms with Crippen LogP contribution in [0, 0.1) is 11.3 Å². The van der Waals surface area contributed by atoms with E-state index in [0.29, 0.717) is 16.9 Å². The molecule has 0 unspecified atom stereocenters. The lowest BCUT2D eigenvalue weighted by molar-refractivity contribution is 1.03. The first-order valence-corrected chi connectivity index (χ1v) is 34.9. The second-order valence-electron chi connectivity index (χ2n) is 26.7. The van der Waals surface area contributed by atoms with Gasteiger partial charge >= 0.3 is 0 Å². The molecule has 0 saturated carbocycles. The monoisotopic (exact) mass is 1310 g/mol. The van der Waals surface area contributed by atoms with Gasteiger partial charge in [-0.2, -0.15) is 5.26 Å². The summed E-state index contributed by atoms with van der Waals surface area (Å²) in [5, 5.41) is 24.2. The molecule has 0 aliphatic carbocycles. The van der Waals surface area contributed by atoms with Crippen molar-refractivity contribution in [2.45, 2.75) is 0 Å². The Bertz CT molecular complexity index is 6710. The molecular weight excluding hydrogens is 1250 g/mol. The summed E-state index contributed by atoms with van der Waals surface area (Å²) >= 11 is 0. The van der Waals surface area contributed by atoms with E-state index in [1.807, 2.05) is 24.8 Å². The number of rotatable bonds is 10. The van der Waals surface area contributed by atoms with Gasteiger partial charge in [0.2, 0.25) is 0 Å². The van der Waals surface area contributed by atoms with E-state index in [0.717, 1.165) is 182 Å². The lowest BCUT2D eigenvalue weighted by Crippen LogP contribution is -2.17. The molecular formula is C95H58N8. The number of pyridine rings is 2. The first-order valence-electron chi connectivity index (χ1n) is 34.9. The van der Waals surface area contributed by atoms with Crippen LogP contribution >= 0.6 is 0 Å². The number of aromatic nitrogens is 7. The molecule has 0 aliphatic rings. The zero-order valence-electron chi connectivity index (χ0n) is 55.6. The summed E-state index contributed by atoms with van der Waals surface area (Å²) in [4.78, 5) is 9.55. The van der Waals surface area contributed by atoms with Crippen LogP contribution in [0.1, 0.15) is 5.56 Å². The highest BCUT2D eigenvalue weighted by Crippen LogP contribution is 2.54. The van der Waals surface area contributed by atoms with Crippen LogP contribution in [-0.2, 0) is 0 Å². The highest BCUT2D eigenvalue weighted by atomic mass is 15.1. The first kappa shape index (κ1) is 57.9. The SMILES string of the molecule is N#Cc1c(-n2c3ccccc3c3cc(-c4ccccc4)ccc32)c(-n2c3ccccc3c3cc(-c4ccccc4)ccc32)c(-c2ccccc2-n2c3ccncc3c3cnccc32)c(-n2c3ccccc3c3cc(-c4ccccc4)ccc32)c1-n1c2ccccc2c2cc(-c3ccccc3)ccc21. The third-order valence-electron chi connectivity index (χ3n) is 21.3. The van der Waals surface area contributed by atoms with Crippen molar-refractivity contribution in [3.63, 3.8) is 0 Å². The molecule has 0 saturated heterocycles. The third-order valence-corrected chi connectivity index (χ3v) is 21.3. The van der Waals surface area contributed by atoms with Crippen LogP contribution in [0.25, 0.3) is 193 Å². The fourth-order valence-electron chi connectivity index (χ4n) is 16.9. The Balaban J connectivity index is 1.06. The van der Waals surface area contributed by atoms with Gasteiger partial charge in [0.1, 0.15) is 11.6 Å². The maximum atomic E-state index is 13.7. The van der Waals surface area contributed by atoms with E-state index in [2.05, 4.69) is 356 Å². The lowest BCUT2D eigenvalue weighted by atomic mass is 9.92. The highest BCUT2D eigenvalue weighted by Gasteiger charge is 2.37. The molecule has 0 N–H and O–H groups in total. The molecule has 14 aromatic carbocycles. The van der Waals surface area contributed by atoms with Gasteiger partial charge in [-0.15, -0.1) is 0 Å². The number of hydrogen-bond donors (Lipinski definition) is 0. The van der Waals surface area contributed by atoms with Crippen molar-refractivity contribution in [2.24, 2.45) is 0 Å². The summed E-state index contributed by atoms with van der Waals surface area (Å²) in [7, 11) is 0. The smallest absolute Gasteiger partial charge is 0.104 e. The summed E-state index contributed by atoms with van der Waals surface area (Å²) in [5.41, 5.74) is 24.8. The number of hydrogen-bond acceptors (Lipinski definition) is 3. The summed E-state index contributed by atoms with van der Waals surface area (Å²) in [6, 6.07) is 122. The number of benzene rings is 14. The molecule has 0 radical (unpaired) electrons. The minimum Gasteiger partial charge on any atom is -0.308 e. The Morgan fingerprint density at radius 3 is 0.845 bits per heavy atom. The summed E-state index contributed by atoms with van der Waals surface area (Å²) in [5.74, 6) is 0. The van der Waals surface area contributed by atoms with Crippen molar-refractivity contribution < 1.29 is 0 Å². The fraction of sp³-hybridized carbons (Fsp3) is 0. The minimum atomic E-state index is 0.475. The molecule has 103 heavy (non-hydrogen) atoms. The van der Waals surface area contributed by atoms with Gasteiger partial charge in [-0.05, 0) is 136 Å². The second-order valence-corrected chi connectivity index (χ2v) is 26.7. The van der Waals surface area contributed by atoms with Crippen molar-refractivity contribution in [2.75, 3.05) is 0 Å². The van der Waals surface area contributed by atoms with Gasteiger partial charge in [-0.1, -0.05) is 237 Å². The van der Waals surface area contributed by atoms with Crippen LogP contribution < -0.4 is 0 Å². The molecule has 0 bridgehead atoms. The molecule has 21 rings (SSSR count). The third kappa shape index (κ3) is 8.70. The zero-order valence-corrected chi connectivity index (χ0v) is 55.6. The summed E-state index contributed by atoms with van der Waals surface area (Å²) < 4.78 is 12.3. The Morgan fingerprint density at radius 2 is 0.505 bits per heavy atom. The van der Waals surface area contributed by atoms with Crippen molar-refractivity contribution in [1.82, 2.24) is 32.8 Å². The van der Waals surface area contributed by atoms with Crippen molar-refractivity contribution in [3.8, 4) is 90.1 Å². The minimum absolute atomic E-state index is 0.475. The predicted octanol–water partition coefficient (Wildman–Crippen LogP) is 24.2. The predicted molar refractivity (Wildman–Crippen MR) is 426 cm³/mol. The van der Waals surface area contributed by atoms with Crippen LogP contribution in [-0.4, -0.2) is 32.8 Å². The fourth-order valence-corrected chi connectivity index (χ4v) is 16.9. The Labute approximate surface area is 591 Å². The molecule has 21 aromatic rings. The maximum absolute atomic E-state index is 13.7. The van der Waals surface area contributed by atoms with E-state index in [1.54, 1.807) is 0 Å². The van der Waals surface area contributed by atoms with Gasteiger partial charge in [0.05, 0.1) is 83.6 Å². The van der Waals surface area contributed by atoms with Crippen LogP contribution in [0.4, 0.5) is 0 Å². The average molecular weight is 1310 g/mol. The van der Waals surface area contributed by atoms with Crippen LogP contribution in [0.5, 0.6) is 0 Å². The summed E-state index contributed by atoms with van der Waals surface area (Å²) in [6.45, 7) is 0. The number of fused-ring (bicyclic) bond motifs is 15. The molecule has 8 heteroatoms. The van der Waals surface area contributed by atoms with E-state index >= 15 is 0 Å². The van der Waals surface area contributed by atoms with Crippen LogP contribution in [0.2, 0.25) is 0 Å². The largest absolute Gasteiger partial charge is 0.308 e. The van der Waals surface area contributed by atoms with Crippen molar-refractivity contribution in [1.29, 1.82) is 5.26 Å². The Kier molecular flexibility index (Phi) is 12.9. The molecule has 0 amide bonds. The van der Waals surface area contributed by atoms with E-state index in [-0.39, 0.29) is 0 Å². The molecule has 0 fully saturated rings. The van der Waals surface area contributed by atoms with E-state index in [9.17, 15) is 5.26 Å². The number of nitriles is 1. The van der Waals surface area contributed by atoms with Crippen LogP contribution in [0.3, 0.4) is 0 Å². The molecule has 0 aliphatic heterocycles. The van der Waals surface area contributed by atoms with Gasteiger partial charge in [-0.3, -0.25) is 9.97 Å². The molecule has 478 valence electrons. The summed E-state index contributed by atoms with van der Waals surface area (Å²) in [6.07, 6.45) is 7.72. The highest BCUT2D eigenvalue weighted by molar-refractivity contribution is 6.19. The number of para-hydroxylation sites is 5. The second kappa shape index (κ2) is 23.0. The molecule has 0 spiro atoms. The van der Waals surface area contributed by atoms with Crippen molar-refractivity contribution in [3.05, 3.63) is 358 Å². The quantitative estimate of drug-likeness (QED) is 0.137. The average Bonchev–Trinajstić information content (AvgIpc) is 1.61. The molecule has 8 nitrogen and oxygen atoms in total. The van der Waals surface area contributed by atoms with Crippen molar-refractivity contribution >= 4 is 109 Å². The van der Waals surface area contributed by atoms with Gasteiger partial charge in [-0.25, -0.2) is 0 Å². The lowest BCUT2D eigenvalue weighted by Gasteiger charge is -2.30. The van der Waals surface area contributed by atoms with E-state index in [1.165, 1.54) is 0 Å². The van der Waals surface area contributed by atoms with Gasteiger partial charge in [0.15, 0.2) is 0 Å². The van der Waals surface area contributed by atoms with Gasteiger partial charge < -0.3 is 22.8 Å². The Morgan fingerprint density at radius 1 is 0.223 bits per heavy atom. The molecule has 0 atom stereocenters. The first-order chi connectivity index (χ1) is 51.1. The van der Waals surface area contributed by atoms with Gasteiger partial charge in [0.25, 0.3) is 0 Å². The maximum Gasteiger partial charge on any atom is 0.104 e. The van der Waals surface area contributed by atoms with Gasteiger partial charge in [0, 0.05) is 89.8 Å². The van der Waals surface area contributed by atoms with Crippen LogP contribution in [0.15, 0.2) is 352 Å². The zero-order chi connectivity index (χ0) is 67.8. The normalized spacial score (nSPS) is 11.9. The Hall–Kier alpha value is -14.1. The van der Waals surface area contributed by atoms with E-state index in [4.69, 9.17) is 9.97 Å².